The fraction of sp³-hybridized carbons (Fsp3) is 0.625. The van der Waals surface area contributed by atoms with Crippen LogP contribution in [-0.2, 0) is 6.54 Å². The van der Waals surface area contributed by atoms with Crippen LogP contribution in [-0.4, -0.2) is 26.4 Å². The molecule has 3 rings (SSSR count). The molecule has 0 bridgehead atoms. The zero-order valence-corrected chi connectivity index (χ0v) is 12.3. The summed E-state index contributed by atoms with van der Waals surface area (Å²) in [7, 11) is 1.67. The molecule has 1 atom stereocenters. The smallest absolute Gasteiger partial charge is 0.203 e. The third-order valence-corrected chi connectivity index (χ3v) is 4.37. The van der Waals surface area contributed by atoms with Crippen LogP contribution >= 0.6 is 0 Å². The van der Waals surface area contributed by atoms with E-state index in [4.69, 9.17) is 14.2 Å². The Kier molecular flexibility index (Phi) is 4.01. The van der Waals surface area contributed by atoms with Gasteiger partial charge < -0.3 is 19.5 Å². The average molecular weight is 277 g/mol. The van der Waals surface area contributed by atoms with Crippen LogP contribution in [0.2, 0.25) is 0 Å². The van der Waals surface area contributed by atoms with Crippen LogP contribution in [0.5, 0.6) is 17.2 Å². The van der Waals surface area contributed by atoms with Crippen molar-refractivity contribution in [3.63, 3.8) is 0 Å². The van der Waals surface area contributed by atoms with Crippen molar-refractivity contribution < 1.29 is 14.2 Å². The first-order valence-electron chi connectivity index (χ1n) is 7.48. The van der Waals surface area contributed by atoms with Gasteiger partial charge in [0.15, 0.2) is 11.5 Å². The van der Waals surface area contributed by atoms with E-state index in [0.29, 0.717) is 19.3 Å². The Morgan fingerprint density at radius 3 is 2.80 bits per heavy atom. The van der Waals surface area contributed by atoms with E-state index in [1.54, 1.807) is 7.11 Å². The number of hydrogen-bond acceptors (Lipinski definition) is 4. The van der Waals surface area contributed by atoms with Gasteiger partial charge in [-0.25, -0.2) is 0 Å². The largest absolute Gasteiger partial charge is 0.493 e. The molecule has 1 aliphatic heterocycles. The van der Waals surface area contributed by atoms with Gasteiger partial charge >= 0.3 is 0 Å². The van der Waals surface area contributed by atoms with Crippen LogP contribution in [0, 0.1) is 5.92 Å². The highest BCUT2D eigenvalue weighted by molar-refractivity contribution is 5.54. The maximum absolute atomic E-state index is 5.66. The number of benzene rings is 1. The fourth-order valence-corrected chi connectivity index (χ4v) is 2.81. The van der Waals surface area contributed by atoms with Gasteiger partial charge in [-0.3, -0.25) is 0 Å². The topological polar surface area (TPSA) is 39.7 Å². The molecule has 0 aromatic heterocycles. The number of hydrogen-bond donors (Lipinski definition) is 1. The first kappa shape index (κ1) is 13.6. The molecule has 110 valence electrons. The van der Waals surface area contributed by atoms with Gasteiger partial charge in [-0.2, -0.15) is 0 Å². The second-order valence-electron chi connectivity index (χ2n) is 5.68. The summed E-state index contributed by atoms with van der Waals surface area (Å²) in [6, 6.07) is 4.66. The van der Waals surface area contributed by atoms with E-state index in [0.717, 1.165) is 29.7 Å². The SMILES string of the molecule is COc1cc(CNC(C)C2CCC2)cc2c1OCCO2. The number of rotatable bonds is 5. The van der Waals surface area contributed by atoms with Crippen molar-refractivity contribution in [2.75, 3.05) is 20.3 Å². The van der Waals surface area contributed by atoms with E-state index in [-0.39, 0.29) is 0 Å². The minimum atomic E-state index is 0.572. The summed E-state index contributed by atoms with van der Waals surface area (Å²) in [4.78, 5) is 0. The second-order valence-corrected chi connectivity index (χ2v) is 5.68. The van der Waals surface area contributed by atoms with Gasteiger partial charge in [-0.1, -0.05) is 6.42 Å². The molecule has 0 radical (unpaired) electrons. The lowest BCUT2D eigenvalue weighted by Crippen LogP contribution is -2.36. The lowest BCUT2D eigenvalue weighted by Gasteiger charge is -2.32. The maximum atomic E-state index is 5.66. The Bertz CT molecular complexity index is 454. The van der Waals surface area contributed by atoms with E-state index in [1.165, 1.54) is 24.8 Å². The first-order valence-corrected chi connectivity index (χ1v) is 7.48. The van der Waals surface area contributed by atoms with E-state index in [9.17, 15) is 0 Å². The number of nitrogens with one attached hydrogen (secondary N) is 1. The molecule has 0 spiro atoms. The summed E-state index contributed by atoms with van der Waals surface area (Å²) in [5, 5.41) is 3.61. The summed E-state index contributed by atoms with van der Waals surface area (Å²) >= 11 is 0. The molecule has 1 fully saturated rings. The fourth-order valence-electron chi connectivity index (χ4n) is 2.81. The lowest BCUT2D eigenvalue weighted by molar-refractivity contribution is 0.164. The second kappa shape index (κ2) is 5.92. The number of methoxy groups -OCH3 is 1. The molecular formula is C16H23NO3. The zero-order chi connectivity index (χ0) is 13.9. The third-order valence-electron chi connectivity index (χ3n) is 4.37. The minimum Gasteiger partial charge on any atom is -0.493 e. The molecule has 0 saturated heterocycles. The Labute approximate surface area is 120 Å². The van der Waals surface area contributed by atoms with Gasteiger partial charge in [0.1, 0.15) is 13.2 Å². The highest BCUT2D eigenvalue weighted by Crippen LogP contribution is 2.40. The van der Waals surface area contributed by atoms with E-state index in [2.05, 4.69) is 18.3 Å². The molecule has 1 heterocycles. The van der Waals surface area contributed by atoms with Crippen molar-refractivity contribution in [3.8, 4) is 17.2 Å². The molecule has 1 aromatic carbocycles. The summed E-state index contributed by atoms with van der Waals surface area (Å²) in [5.41, 5.74) is 1.18. The average Bonchev–Trinajstić information content (AvgIpc) is 2.42. The number of fused-ring (bicyclic) bond motifs is 1. The van der Waals surface area contributed by atoms with Crippen molar-refractivity contribution in [3.05, 3.63) is 17.7 Å². The molecule has 4 heteroatoms. The molecule has 1 N–H and O–H groups in total. The van der Waals surface area contributed by atoms with Crippen molar-refractivity contribution in [2.24, 2.45) is 5.92 Å². The predicted octanol–water partition coefficient (Wildman–Crippen LogP) is 2.74. The number of ether oxygens (including phenoxy) is 3. The molecule has 1 unspecified atom stereocenters. The molecule has 4 nitrogen and oxygen atoms in total. The van der Waals surface area contributed by atoms with Gasteiger partial charge in [0, 0.05) is 12.6 Å². The first-order chi connectivity index (χ1) is 9.78. The predicted molar refractivity (Wildman–Crippen MR) is 77.6 cm³/mol. The molecule has 2 aliphatic rings. The maximum Gasteiger partial charge on any atom is 0.203 e. The molecule has 1 saturated carbocycles. The highest BCUT2D eigenvalue weighted by Gasteiger charge is 2.24. The lowest BCUT2D eigenvalue weighted by atomic mass is 9.80. The third kappa shape index (κ3) is 2.70. The van der Waals surface area contributed by atoms with Gasteiger partial charge in [0.25, 0.3) is 0 Å². The van der Waals surface area contributed by atoms with Crippen LogP contribution in [0.1, 0.15) is 31.7 Å². The molecule has 1 aliphatic carbocycles. The molecule has 20 heavy (non-hydrogen) atoms. The van der Waals surface area contributed by atoms with Crippen LogP contribution in [0.3, 0.4) is 0 Å². The van der Waals surface area contributed by atoms with E-state index >= 15 is 0 Å². The molecular weight excluding hydrogens is 254 g/mol. The molecule has 0 amide bonds. The van der Waals surface area contributed by atoms with Crippen molar-refractivity contribution in [1.82, 2.24) is 5.32 Å². The molecule has 1 aromatic rings. The van der Waals surface area contributed by atoms with Gasteiger partial charge in [-0.15, -0.1) is 0 Å². The summed E-state index contributed by atoms with van der Waals surface area (Å²) in [6.45, 7) is 4.30. The van der Waals surface area contributed by atoms with Crippen LogP contribution in [0.25, 0.3) is 0 Å². The standard InChI is InChI=1S/C16H23NO3/c1-11(13-4-3-5-13)17-10-12-8-14(18-2)16-15(9-12)19-6-7-20-16/h8-9,11,13,17H,3-7,10H2,1-2H3. The Balaban J connectivity index is 1.69. The highest BCUT2D eigenvalue weighted by atomic mass is 16.6. The Morgan fingerprint density at radius 2 is 2.10 bits per heavy atom. The van der Waals surface area contributed by atoms with Crippen molar-refractivity contribution in [2.45, 2.75) is 38.8 Å². The minimum absolute atomic E-state index is 0.572. The van der Waals surface area contributed by atoms with Crippen molar-refractivity contribution >= 4 is 0 Å². The Hall–Kier alpha value is -1.42. The van der Waals surface area contributed by atoms with Crippen LogP contribution in [0.4, 0.5) is 0 Å². The van der Waals surface area contributed by atoms with E-state index in [1.807, 2.05) is 6.07 Å². The zero-order valence-electron chi connectivity index (χ0n) is 12.3. The van der Waals surface area contributed by atoms with E-state index < -0.39 is 0 Å². The Morgan fingerprint density at radius 1 is 1.30 bits per heavy atom. The summed E-state index contributed by atoms with van der Waals surface area (Å²) in [6.07, 6.45) is 4.10. The quantitative estimate of drug-likeness (QED) is 0.898. The summed E-state index contributed by atoms with van der Waals surface area (Å²) in [5.74, 6) is 3.13. The monoisotopic (exact) mass is 277 g/mol. The van der Waals surface area contributed by atoms with Gasteiger partial charge in [0.2, 0.25) is 5.75 Å². The van der Waals surface area contributed by atoms with Crippen molar-refractivity contribution in [1.29, 1.82) is 0 Å². The van der Waals surface area contributed by atoms with Crippen LogP contribution in [0.15, 0.2) is 12.1 Å². The van der Waals surface area contributed by atoms with Gasteiger partial charge in [-0.05, 0) is 43.4 Å². The summed E-state index contributed by atoms with van der Waals surface area (Å²) < 4.78 is 16.7. The van der Waals surface area contributed by atoms with Crippen LogP contribution < -0.4 is 19.5 Å². The van der Waals surface area contributed by atoms with Gasteiger partial charge in [0.05, 0.1) is 7.11 Å². The normalized spacial score (nSPS) is 19.3.